The summed E-state index contributed by atoms with van der Waals surface area (Å²) in [4.78, 5) is 12.4. The van der Waals surface area contributed by atoms with Crippen LogP contribution in [0.5, 0.6) is 0 Å². The van der Waals surface area contributed by atoms with Gasteiger partial charge in [0, 0.05) is 6.61 Å². The molecule has 1 fully saturated rings. The zero-order valence-electron chi connectivity index (χ0n) is 15.6. The van der Waals surface area contributed by atoms with Crippen LogP contribution in [0, 0.1) is 5.92 Å². The van der Waals surface area contributed by atoms with Crippen LogP contribution in [0.1, 0.15) is 32.3 Å². The predicted octanol–water partition coefficient (Wildman–Crippen LogP) is 4.70. The third kappa shape index (κ3) is 4.36. The van der Waals surface area contributed by atoms with Crippen molar-refractivity contribution in [2.45, 2.75) is 52.4 Å². The molecule has 0 N–H and O–H groups in total. The second kappa shape index (κ2) is 8.12. The number of hydrogen-bond donors (Lipinski definition) is 0. The van der Waals surface area contributed by atoms with E-state index in [1.54, 1.807) is 0 Å². The van der Waals surface area contributed by atoms with Gasteiger partial charge < -0.3 is 9.47 Å². The maximum absolute atomic E-state index is 12.4. The minimum Gasteiger partial charge on any atom is -0.466 e. The monoisotopic (exact) mass is 346 g/mol. The zero-order valence-corrected chi connectivity index (χ0v) is 16.6. The molecule has 3 nitrogen and oxygen atoms in total. The number of hydrogen-bond acceptors (Lipinski definition) is 3. The Balaban J connectivity index is 2.42. The van der Waals surface area contributed by atoms with Gasteiger partial charge in [-0.25, -0.2) is 0 Å². The maximum atomic E-state index is 12.4. The van der Waals surface area contributed by atoms with Gasteiger partial charge in [-0.1, -0.05) is 60.7 Å². The number of benzene rings is 1. The molecule has 0 bridgehead atoms. The molecule has 1 saturated carbocycles. The first-order chi connectivity index (χ1) is 11.4. The summed E-state index contributed by atoms with van der Waals surface area (Å²) in [6, 6.07) is 10.6. The third-order valence-electron chi connectivity index (χ3n) is 4.50. The average Bonchev–Trinajstić information content (AvgIpc) is 2.91. The zero-order chi connectivity index (χ0) is 17.7. The van der Waals surface area contributed by atoms with Crippen molar-refractivity contribution in [1.29, 1.82) is 0 Å². The Kier molecular flexibility index (Phi) is 6.41. The molecule has 1 aliphatic rings. The van der Waals surface area contributed by atoms with E-state index < -0.39 is 8.07 Å². The van der Waals surface area contributed by atoms with Gasteiger partial charge in [0.25, 0.3) is 0 Å². The molecule has 4 heteroatoms. The van der Waals surface area contributed by atoms with Crippen LogP contribution in [0.15, 0.2) is 35.9 Å². The summed E-state index contributed by atoms with van der Waals surface area (Å²) >= 11 is 0. The van der Waals surface area contributed by atoms with Gasteiger partial charge in [0.1, 0.15) is 0 Å². The van der Waals surface area contributed by atoms with Crippen LogP contribution in [-0.2, 0) is 14.3 Å². The molecular weight excluding hydrogens is 316 g/mol. The molecule has 2 unspecified atom stereocenters. The summed E-state index contributed by atoms with van der Waals surface area (Å²) < 4.78 is 11.2. The first-order valence-corrected chi connectivity index (χ1v) is 12.4. The lowest BCUT2D eigenvalue weighted by molar-refractivity contribution is -0.152. The fourth-order valence-electron chi connectivity index (χ4n) is 3.72. The fourth-order valence-corrected chi connectivity index (χ4v) is 6.01. The number of carbonyl (C=O) groups excluding carboxylic acids is 1. The van der Waals surface area contributed by atoms with E-state index in [0.717, 1.165) is 12.8 Å². The van der Waals surface area contributed by atoms with E-state index in [9.17, 15) is 4.79 Å². The quantitative estimate of drug-likeness (QED) is 0.553. The fraction of sp³-hybridized carbons (Fsp3) is 0.550. The van der Waals surface area contributed by atoms with Crippen LogP contribution >= 0.6 is 0 Å². The Bertz CT molecular complexity index is 587. The highest BCUT2D eigenvalue weighted by Gasteiger charge is 2.40. The second-order valence-corrected chi connectivity index (χ2v) is 12.4. The minimum absolute atomic E-state index is 0.0564. The van der Waals surface area contributed by atoms with Crippen LogP contribution in [0.2, 0.25) is 19.6 Å². The summed E-state index contributed by atoms with van der Waals surface area (Å²) in [5.41, 5.74) is 2.68. The highest BCUT2D eigenvalue weighted by Crippen LogP contribution is 2.41. The molecule has 1 aromatic rings. The summed E-state index contributed by atoms with van der Waals surface area (Å²) in [5, 5.41) is 1.47. The van der Waals surface area contributed by atoms with Crippen LogP contribution in [0.4, 0.5) is 0 Å². The van der Waals surface area contributed by atoms with Gasteiger partial charge in [-0.2, -0.15) is 0 Å². The van der Waals surface area contributed by atoms with Crippen molar-refractivity contribution < 1.29 is 14.3 Å². The number of rotatable bonds is 6. The van der Waals surface area contributed by atoms with E-state index >= 15 is 0 Å². The smallest absolute Gasteiger partial charge is 0.311 e. The number of esters is 1. The largest absolute Gasteiger partial charge is 0.466 e. The Morgan fingerprint density at radius 3 is 2.29 bits per heavy atom. The van der Waals surface area contributed by atoms with Crippen molar-refractivity contribution in [3.63, 3.8) is 0 Å². The minimum atomic E-state index is -1.56. The third-order valence-corrected chi connectivity index (χ3v) is 6.64. The molecule has 1 aromatic carbocycles. The summed E-state index contributed by atoms with van der Waals surface area (Å²) in [6.07, 6.45) is 1.54. The van der Waals surface area contributed by atoms with Gasteiger partial charge in [-0.15, -0.1) is 0 Å². The maximum Gasteiger partial charge on any atom is 0.311 e. The number of ether oxygens (including phenoxy) is 2. The molecule has 24 heavy (non-hydrogen) atoms. The van der Waals surface area contributed by atoms with E-state index in [0.29, 0.717) is 13.2 Å². The lowest BCUT2D eigenvalue weighted by Gasteiger charge is -2.24. The van der Waals surface area contributed by atoms with E-state index in [1.165, 1.54) is 16.3 Å². The normalized spacial score (nSPS) is 23.2. The first-order valence-electron chi connectivity index (χ1n) is 8.94. The van der Waals surface area contributed by atoms with Crippen LogP contribution in [-0.4, -0.2) is 33.4 Å². The number of carbonyl (C=O) groups is 1. The second-order valence-electron chi connectivity index (χ2n) is 7.36. The van der Waals surface area contributed by atoms with Crippen molar-refractivity contribution in [2.75, 3.05) is 13.2 Å². The van der Waals surface area contributed by atoms with Crippen molar-refractivity contribution in [1.82, 2.24) is 0 Å². The van der Waals surface area contributed by atoms with E-state index in [2.05, 4.69) is 50.0 Å². The molecule has 2 rings (SSSR count). The van der Waals surface area contributed by atoms with E-state index in [1.807, 2.05) is 13.8 Å². The standard InChI is InChI=1S/C20H30O3Si/c1-6-22-18-14-16(13-17(18)20(21)23-7-2)19(24(3,4)5)15-11-9-8-10-12-15/h8-12,17-18H,6-7,13-14H2,1-5H3/b19-16+. The average molecular weight is 347 g/mol. The van der Waals surface area contributed by atoms with Gasteiger partial charge in [0.15, 0.2) is 0 Å². The lowest BCUT2D eigenvalue weighted by Crippen LogP contribution is -2.27. The highest BCUT2D eigenvalue weighted by atomic mass is 28.3. The molecule has 2 atom stereocenters. The van der Waals surface area contributed by atoms with E-state index in [4.69, 9.17) is 9.47 Å². The molecule has 0 amide bonds. The van der Waals surface area contributed by atoms with Gasteiger partial charge in [0.2, 0.25) is 0 Å². The van der Waals surface area contributed by atoms with E-state index in [-0.39, 0.29) is 18.0 Å². The Morgan fingerprint density at radius 1 is 1.08 bits per heavy atom. The topological polar surface area (TPSA) is 35.5 Å². The first kappa shape index (κ1) is 18.9. The van der Waals surface area contributed by atoms with Gasteiger partial charge in [0.05, 0.1) is 26.7 Å². The molecule has 0 radical (unpaired) electrons. The highest BCUT2D eigenvalue weighted by molar-refractivity contribution is 6.93. The van der Waals surface area contributed by atoms with Crippen molar-refractivity contribution in [3.8, 4) is 0 Å². The van der Waals surface area contributed by atoms with Crippen LogP contribution in [0.3, 0.4) is 0 Å². The molecule has 0 spiro atoms. The van der Waals surface area contributed by atoms with Crippen LogP contribution in [0.25, 0.3) is 5.20 Å². The molecule has 0 saturated heterocycles. The Hall–Kier alpha value is -1.39. The molecule has 1 aliphatic carbocycles. The van der Waals surface area contributed by atoms with Gasteiger partial charge >= 0.3 is 5.97 Å². The molecule has 0 aromatic heterocycles. The molecule has 132 valence electrons. The molecule has 0 aliphatic heterocycles. The van der Waals surface area contributed by atoms with Gasteiger partial charge in [-0.3, -0.25) is 4.79 Å². The van der Waals surface area contributed by atoms with Crippen molar-refractivity contribution >= 4 is 19.2 Å². The molecule has 0 heterocycles. The Labute approximate surface area is 147 Å². The Morgan fingerprint density at radius 2 is 1.75 bits per heavy atom. The van der Waals surface area contributed by atoms with Crippen molar-refractivity contribution in [2.24, 2.45) is 5.92 Å². The van der Waals surface area contributed by atoms with Crippen LogP contribution < -0.4 is 0 Å². The molecular formula is C20H30O3Si. The SMILES string of the molecule is CCOC(=O)C1C/C(=C(/c2ccccc2)[Si](C)(C)C)CC1OCC. The lowest BCUT2D eigenvalue weighted by atomic mass is 10.1. The summed E-state index contributed by atoms with van der Waals surface area (Å²) in [6.45, 7) is 12.0. The summed E-state index contributed by atoms with van der Waals surface area (Å²) in [5.74, 6) is -0.288. The summed E-state index contributed by atoms with van der Waals surface area (Å²) in [7, 11) is -1.56. The van der Waals surface area contributed by atoms with Crippen molar-refractivity contribution in [3.05, 3.63) is 41.5 Å². The van der Waals surface area contributed by atoms with Gasteiger partial charge in [-0.05, 0) is 32.3 Å². The predicted molar refractivity (Wildman–Crippen MR) is 101 cm³/mol.